The van der Waals surface area contributed by atoms with E-state index >= 15 is 0 Å². The summed E-state index contributed by atoms with van der Waals surface area (Å²) < 4.78 is 0. The molecule has 92 valence electrons. The molecule has 0 aliphatic rings. The molecule has 0 aromatic carbocycles. The summed E-state index contributed by atoms with van der Waals surface area (Å²) in [6.07, 6.45) is 7.19. The molecule has 1 heterocycles. The van der Waals surface area contributed by atoms with Gasteiger partial charge in [-0.25, -0.2) is 4.98 Å². The van der Waals surface area contributed by atoms with Gasteiger partial charge in [0, 0.05) is 30.1 Å². The van der Waals surface area contributed by atoms with Gasteiger partial charge in [0.05, 0.1) is 5.01 Å². The van der Waals surface area contributed by atoms with Crippen molar-refractivity contribution < 1.29 is 0 Å². The maximum absolute atomic E-state index is 4.35. The molecular formula is C13H24N2S. The topological polar surface area (TPSA) is 24.9 Å². The van der Waals surface area contributed by atoms with Crippen molar-refractivity contribution in [1.82, 2.24) is 10.3 Å². The molecule has 0 amide bonds. The van der Waals surface area contributed by atoms with Gasteiger partial charge in [-0.2, -0.15) is 0 Å². The first kappa shape index (κ1) is 13.7. The van der Waals surface area contributed by atoms with Crippen LogP contribution in [-0.4, -0.2) is 17.6 Å². The zero-order valence-corrected chi connectivity index (χ0v) is 11.5. The minimum Gasteiger partial charge on any atom is -0.314 e. The summed E-state index contributed by atoms with van der Waals surface area (Å²) >= 11 is 1.75. The van der Waals surface area contributed by atoms with E-state index in [2.05, 4.69) is 36.5 Å². The maximum atomic E-state index is 4.35. The molecule has 0 saturated heterocycles. The average molecular weight is 240 g/mol. The van der Waals surface area contributed by atoms with Crippen LogP contribution in [0.5, 0.6) is 0 Å². The number of nitrogens with zero attached hydrogens (tertiary/aromatic N) is 1. The molecule has 1 aromatic heterocycles. The Bertz CT molecular complexity index is 259. The van der Waals surface area contributed by atoms with E-state index in [-0.39, 0.29) is 0 Å². The second-order valence-electron chi connectivity index (χ2n) is 4.58. The normalized spacial score (nSPS) is 14.9. The largest absolute Gasteiger partial charge is 0.314 e. The van der Waals surface area contributed by atoms with Crippen LogP contribution < -0.4 is 5.32 Å². The van der Waals surface area contributed by atoms with Crippen molar-refractivity contribution in [3.63, 3.8) is 0 Å². The Kier molecular flexibility index (Phi) is 6.65. The van der Waals surface area contributed by atoms with Crippen molar-refractivity contribution in [2.45, 2.75) is 58.4 Å². The van der Waals surface area contributed by atoms with E-state index < -0.39 is 0 Å². The molecule has 2 nitrogen and oxygen atoms in total. The Balaban J connectivity index is 2.14. The van der Waals surface area contributed by atoms with Crippen molar-refractivity contribution in [2.75, 3.05) is 6.54 Å². The molecule has 1 rings (SSSR count). The lowest BCUT2D eigenvalue weighted by Gasteiger charge is -2.16. The maximum Gasteiger partial charge on any atom is 0.0965 e. The van der Waals surface area contributed by atoms with E-state index in [1.807, 2.05) is 6.20 Å². The number of rotatable bonds is 8. The molecule has 0 aliphatic carbocycles. The fourth-order valence-electron chi connectivity index (χ4n) is 1.75. The molecule has 0 fully saturated rings. The lowest BCUT2D eigenvalue weighted by Crippen LogP contribution is -2.29. The molecule has 0 aliphatic heterocycles. The Labute approximate surface area is 103 Å². The Morgan fingerprint density at radius 2 is 2.19 bits per heavy atom. The standard InChI is InChI=1S/C13H24N2S/c1-4-5-6-7-12(3)15-10-11(2)13-14-8-9-16-13/h8-9,11-12,15H,4-7,10H2,1-3H3. The fraction of sp³-hybridized carbons (Fsp3) is 0.769. The Hall–Kier alpha value is -0.410. The number of hydrogen-bond donors (Lipinski definition) is 1. The van der Waals surface area contributed by atoms with E-state index in [9.17, 15) is 0 Å². The van der Waals surface area contributed by atoms with Gasteiger partial charge in [-0.15, -0.1) is 11.3 Å². The molecular weight excluding hydrogens is 216 g/mol. The zero-order valence-electron chi connectivity index (χ0n) is 10.7. The highest BCUT2D eigenvalue weighted by Crippen LogP contribution is 2.16. The first-order valence-corrected chi connectivity index (χ1v) is 7.24. The molecule has 1 aromatic rings. The summed E-state index contributed by atoms with van der Waals surface area (Å²) in [7, 11) is 0. The molecule has 3 heteroatoms. The van der Waals surface area contributed by atoms with Crippen molar-refractivity contribution in [3.8, 4) is 0 Å². The number of thiazole rings is 1. The molecule has 0 radical (unpaired) electrons. The van der Waals surface area contributed by atoms with Crippen LogP contribution in [0.4, 0.5) is 0 Å². The minimum absolute atomic E-state index is 0.536. The highest BCUT2D eigenvalue weighted by molar-refractivity contribution is 7.09. The summed E-state index contributed by atoms with van der Waals surface area (Å²) in [6.45, 7) is 7.82. The Morgan fingerprint density at radius 1 is 1.38 bits per heavy atom. The van der Waals surface area contributed by atoms with Gasteiger partial charge in [-0.1, -0.05) is 33.1 Å². The lowest BCUT2D eigenvalue weighted by atomic mass is 10.1. The SMILES string of the molecule is CCCCCC(C)NCC(C)c1nccs1. The van der Waals surface area contributed by atoms with Crippen LogP contribution in [0.25, 0.3) is 0 Å². The van der Waals surface area contributed by atoms with Gasteiger partial charge in [0.1, 0.15) is 0 Å². The molecule has 2 atom stereocenters. The first-order valence-electron chi connectivity index (χ1n) is 6.36. The molecule has 16 heavy (non-hydrogen) atoms. The van der Waals surface area contributed by atoms with Gasteiger partial charge in [-0.05, 0) is 13.3 Å². The summed E-state index contributed by atoms with van der Waals surface area (Å²) in [4.78, 5) is 4.35. The quantitative estimate of drug-likeness (QED) is 0.699. The average Bonchev–Trinajstić information content (AvgIpc) is 2.79. The summed E-state index contributed by atoms with van der Waals surface area (Å²) in [6, 6.07) is 0.633. The third-order valence-corrected chi connectivity index (χ3v) is 3.89. The number of nitrogens with one attached hydrogen (secondary N) is 1. The van der Waals surface area contributed by atoms with E-state index in [1.165, 1.54) is 30.7 Å². The van der Waals surface area contributed by atoms with E-state index in [4.69, 9.17) is 0 Å². The monoisotopic (exact) mass is 240 g/mol. The van der Waals surface area contributed by atoms with E-state index in [0.717, 1.165) is 6.54 Å². The van der Waals surface area contributed by atoms with Crippen molar-refractivity contribution in [2.24, 2.45) is 0 Å². The van der Waals surface area contributed by atoms with Crippen LogP contribution in [0, 0.1) is 0 Å². The number of hydrogen-bond acceptors (Lipinski definition) is 3. The number of aromatic nitrogens is 1. The van der Waals surface area contributed by atoms with Crippen LogP contribution in [0.3, 0.4) is 0 Å². The fourth-order valence-corrected chi connectivity index (χ4v) is 2.44. The first-order chi connectivity index (χ1) is 7.74. The molecule has 2 unspecified atom stereocenters. The van der Waals surface area contributed by atoms with Crippen LogP contribution in [0.2, 0.25) is 0 Å². The molecule has 0 bridgehead atoms. The smallest absolute Gasteiger partial charge is 0.0965 e. The van der Waals surface area contributed by atoms with Gasteiger partial charge in [-0.3, -0.25) is 0 Å². The summed E-state index contributed by atoms with van der Waals surface area (Å²) in [5.41, 5.74) is 0. The van der Waals surface area contributed by atoms with Crippen molar-refractivity contribution >= 4 is 11.3 Å². The van der Waals surface area contributed by atoms with Crippen LogP contribution in [-0.2, 0) is 0 Å². The predicted octanol–water partition coefficient (Wildman–Crippen LogP) is 3.81. The van der Waals surface area contributed by atoms with Crippen molar-refractivity contribution in [3.05, 3.63) is 16.6 Å². The third kappa shape index (κ3) is 5.08. The highest BCUT2D eigenvalue weighted by atomic mass is 32.1. The highest BCUT2D eigenvalue weighted by Gasteiger charge is 2.09. The third-order valence-electron chi connectivity index (χ3n) is 2.89. The molecule has 1 N–H and O–H groups in total. The number of unbranched alkanes of at least 4 members (excludes halogenated alkanes) is 2. The lowest BCUT2D eigenvalue weighted by molar-refractivity contribution is 0.471. The van der Waals surface area contributed by atoms with Gasteiger partial charge in [0.15, 0.2) is 0 Å². The molecule has 0 saturated carbocycles. The second kappa shape index (κ2) is 7.80. The second-order valence-corrected chi connectivity index (χ2v) is 5.50. The van der Waals surface area contributed by atoms with E-state index in [0.29, 0.717) is 12.0 Å². The van der Waals surface area contributed by atoms with Crippen LogP contribution in [0.1, 0.15) is 57.4 Å². The van der Waals surface area contributed by atoms with E-state index in [1.54, 1.807) is 11.3 Å². The van der Waals surface area contributed by atoms with Gasteiger partial charge < -0.3 is 5.32 Å². The summed E-state index contributed by atoms with van der Waals surface area (Å²) in [5, 5.41) is 6.89. The van der Waals surface area contributed by atoms with Crippen LogP contribution >= 0.6 is 11.3 Å². The zero-order chi connectivity index (χ0) is 11.8. The predicted molar refractivity (Wildman–Crippen MR) is 72.1 cm³/mol. The van der Waals surface area contributed by atoms with Crippen molar-refractivity contribution in [1.29, 1.82) is 0 Å². The molecule has 0 spiro atoms. The van der Waals surface area contributed by atoms with Crippen LogP contribution in [0.15, 0.2) is 11.6 Å². The van der Waals surface area contributed by atoms with Gasteiger partial charge in [0.25, 0.3) is 0 Å². The summed E-state index contributed by atoms with van der Waals surface area (Å²) in [5.74, 6) is 0.536. The van der Waals surface area contributed by atoms with Gasteiger partial charge in [0.2, 0.25) is 0 Å². The Morgan fingerprint density at radius 3 is 2.81 bits per heavy atom. The minimum atomic E-state index is 0.536. The van der Waals surface area contributed by atoms with Gasteiger partial charge >= 0.3 is 0 Å².